The van der Waals surface area contributed by atoms with Crippen molar-refractivity contribution in [2.45, 2.75) is 101 Å². The van der Waals surface area contributed by atoms with Crippen molar-refractivity contribution in [3.05, 3.63) is 131 Å². The Labute approximate surface area is 461 Å². The lowest BCUT2D eigenvalue weighted by Gasteiger charge is -2.48. The maximum Gasteiger partial charge on any atom is 0.262 e. The highest BCUT2D eigenvalue weighted by Gasteiger charge is 2.56. The van der Waals surface area contributed by atoms with E-state index in [1.54, 1.807) is 71.9 Å². The van der Waals surface area contributed by atoms with E-state index in [1.165, 1.54) is 25.3 Å². The molecule has 1 atom stereocenters. The van der Waals surface area contributed by atoms with Gasteiger partial charge in [0.05, 0.1) is 39.8 Å². The number of carbonyl (C=O) groups is 7. The van der Waals surface area contributed by atoms with Crippen LogP contribution in [0.4, 0.5) is 27.3 Å². The first kappa shape index (κ1) is 51.1. The van der Waals surface area contributed by atoms with E-state index in [4.69, 9.17) is 9.97 Å². The first-order valence-electron chi connectivity index (χ1n) is 28.2. The standard InChI is InChI=1S/C61H62FN11O7/c1-36(2)71-35-63-49-34-48(65-54(53(49)71)64-47-9-5-4-8-46(47)62)39-14-17-45-51(30-39)72(42-31-41(32-42)67-22-6-3-7-23-67)60(80)61(45)20-24-69(25-21-61)56(76)37-10-12-38(13-11-37)57(77)70-28-26-68(27-29-70)40-15-16-43-44(33-40)59(79)73(58(43)78)50-18-19-52(74)66-55(50)75/h4-5,8-17,30,33-36,41-42,50H,3,6-7,18-29,31-32H2,1-2H3,(H,64,65)(H,66,74,75)/t41-,42+,50?. The lowest BCUT2D eigenvalue weighted by atomic mass is 9.73. The third-order valence-corrected chi connectivity index (χ3v) is 17.9. The number of piperidine rings is 3. The van der Waals surface area contributed by atoms with Gasteiger partial charge in [0.1, 0.15) is 17.4 Å². The average Bonchev–Trinajstić information content (AvgIpc) is 4.04. The monoisotopic (exact) mass is 1080 g/mol. The topological polar surface area (TPSA) is 194 Å². The van der Waals surface area contributed by atoms with Crippen LogP contribution < -0.4 is 20.4 Å². The summed E-state index contributed by atoms with van der Waals surface area (Å²) in [6.07, 6.45) is 8.27. The number of carbonyl (C=O) groups excluding carboxylic acids is 7. The van der Waals surface area contributed by atoms with E-state index in [2.05, 4.69) is 46.4 Å². The molecule has 19 heteroatoms. The number of piperazine rings is 1. The second-order valence-corrected chi connectivity index (χ2v) is 22.8. The molecule has 6 aromatic rings. The van der Waals surface area contributed by atoms with E-state index in [0.717, 1.165) is 53.2 Å². The molecular weight excluding hydrogens is 1020 g/mol. The fourth-order valence-corrected chi connectivity index (χ4v) is 13.4. The molecule has 7 aliphatic rings. The number of hydrogen-bond acceptors (Lipinski definition) is 12. The number of rotatable bonds is 10. The quantitative estimate of drug-likeness (QED) is 0.129. The predicted molar refractivity (Wildman–Crippen MR) is 297 cm³/mol. The Kier molecular flexibility index (Phi) is 12.8. The minimum Gasteiger partial charge on any atom is -0.368 e. The van der Waals surface area contributed by atoms with Crippen LogP contribution in [0, 0.1) is 5.82 Å². The molecule has 6 aliphatic heterocycles. The normalized spacial score (nSPS) is 22.1. The van der Waals surface area contributed by atoms with Gasteiger partial charge in [-0.05, 0) is 144 Å². The number of imidazole rings is 1. The Bertz CT molecular complexity index is 3550. The van der Waals surface area contributed by atoms with Gasteiger partial charge in [-0.15, -0.1) is 0 Å². The molecule has 18 nitrogen and oxygen atoms in total. The molecule has 410 valence electrons. The third-order valence-electron chi connectivity index (χ3n) is 17.9. The van der Waals surface area contributed by atoms with E-state index in [9.17, 15) is 28.8 Å². The number of para-hydroxylation sites is 1. The van der Waals surface area contributed by atoms with E-state index < -0.39 is 40.9 Å². The van der Waals surface area contributed by atoms with Crippen LogP contribution >= 0.6 is 0 Å². The number of pyridine rings is 1. The molecule has 4 aromatic carbocycles. The summed E-state index contributed by atoms with van der Waals surface area (Å²) in [6, 6.07) is 26.0. The Balaban J connectivity index is 0.693. The summed E-state index contributed by atoms with van der Waals surface area (Å²) in [4.78, 5) is 116. The highest BCUT2D eigenvalue weighted by atomic mass is 19.1. The number of likely N-dealkylation sites (tertiary alicyclic amines) is 2. The SMILES string of the molecule is CC(C)n1cnc2cc(-c3ccc4c(c3)N([C@H]3C[C@@H](N5CCCCC5)C3)C(=O)C43CCN(C(=O)c4ccc(C(=O)N5CCN(c6ccc7c(c6)C(=O)N(C6CCC(=O)NC6=O)C7=O)CC5)cc4)CC3)nc(Nc3ccccc3F)c21. The second-order valence-electron chi connectivity index (χ2n) is 22.8. The summed E-state index contributed by atoms with van der Waals surface area (Å²) >= 11 is 0. The number of imide groups is 2. The number of hydrogen-bond donors (Lipinski definition) is 2. The van der Waals surface area contributed by atoms with Gasteiger partial charge in [-0.2, -0.15) is 0 Å². The molecule has 13 rings (SSSR count). The summed E-state index contributed by atoms with van der Waals surface area (Å²) in [6.45, 7) is 8.80. The van der Waals surface area contributed by atoms with Gasteiger partial charge in [0, 0.05) is 91.9 Å². The van der Waals surface area contributed by atoms with Crippen molar-refractivity contribution in [1.29, 1.82) is 0 Å². The number of benzene rings is 4. The summed E-state index contributed by atoms with van der Waals surface area (Å²) in [7, 11) is 0. The third kappa shape index (κ3) is 8.67. The van der Waals surface area contributed by atoms with Gasteiger partial charge in [0.15, 0.2) is 5.82 Å². The number of amides is 7. The molecule has 1 saturated carbocycles. The van der Waals surface area contributed by atoms with Gasteiger partial charge >= 0.3 is 0 Å². The number of aromatic nitrogens is 3. The molecule has 5 fully saturated rings. The van der Waals surface area contributed by atoms with E-state index in [1.807, 2.05) is 26.5 Å². The lowest BCUT2D eigenvalue weighted by molar-refractivity contribution is -0.136. The zero-order chi connectivity index (χ0) is 55.1. The lowest BCUT2D eigenvalue weighted by Crippen LogP contribution is -2.58. The fraction of sp³-hybridized carbons (Fsp3) is 0.393. The van der Waals surface area contributed by atoms with Crippen molar-refractivity contribution in [2.24, 2.45) is 0 Å². The minimum absolute atomic E-state index is 0.0365. The van der Waals surface area contributed by atoms with Crippen molar-refractivity contribution >= 4 is 75.3 Å². The first-order valence-corrected chi connectivity index (χ1v) is 28.2. The summed E-state index contributed by atoms with van der Waals surface area (Å²) in [5.74, 6) is -2.40. The van der Waals surface area contributed by atoms with Crippen molar-refractivity contribution in [1.82, 2.24) is 39.5 Å². The average molecular weight is 1080 g/mol. The number of halogens is 1. The van der Waals surface area contributed by atoms with E-state index >= 15 is 9.18 Å². The second kappa shape index (κ2) is 20.1. The number of nitrogens with one attached hydrogen (secondary N) is 2. The Morgan fingerprint density at radius 1 is 0.725 bits per heavy atom. The summed E-state index contributed by atoms with van der Waals surface area (Å²) in [5, 5.41) is 5.49. The van der Waals surface area contributed by atoms with E-state index in [0.29, 0.717) is 97.7 Å². The van der Waals surface area contributed by atoms with Gasteiger partial charge in [0.25, 0.3) is 23.6 Å². The molecule has 4 saturated heterocycles. The van der Waals surface area contributed by atoms with Crippen LogP contribution in [-0.2, 0) is 19.8 Å². The molecule has 1 aliphatic carbocycles. The summed E-state index contributed by atoms with van der Waals surface area (Å²) in [5.41, 5.74) is 6.30. The maximum atomic E-state index is 15.3. The molecular formula is C61H62FN11O7. The molecule has 2 aromatic heterocycles. The highest BCUT2D eigenvalue weighted by Crippen LogP contribution is 2.52. The van der Waals surface area contributed by atoms with Gasteiger partial charge in [-0.25, -0.2) is 14.4 Å². The highest BCUT2D eigenvalue weighted by molar-refractivity contribution is 6.24. The molecule has 80 heavy (non-hydrogen) atoms. The van der Waals surface area contributed by atoms with Crippen LogP contribution in [0.25, 0.3) is 22.3 Å². The first-order chi connectivity index (χ1) is 38.7. The van der Waals surface area contributed by atoms with Crippen LogP contribution in [0.2, 0.25) is 0 Å². The van der Waals surface area contributed by atoms with Gasteiger partial charge in [0.2, 0.25) is 17.7 Å². The van der Waals surface area contributed by atoms with Gasteiger partial charge < -0.3 is 34.4 Å². The number of nitrogens with zero attached hydrogens (tertiary/aromatic N) is 9. The predicted octanol–water partition coefficient (Wildman–Crippen LogP) is 7.46. The van der Waals surface area contributed by atoms with Crippen LogP contribution in [-0.4, -0.2) is 146 Å². The fourth-order valence-electron chi connectivity index (χ4n) is 13.4. The van der Waals surface area contributed by atoms with Crippen molar-refractivity contribution in [2.75, 3.05) is 67.5 Å². The molecule has 2 N–H and O–H groups in total. The number of anilines is 4. The summed E-state index contributed by atoms with van der Waals surface area (Å²) < 4.78 is 17.1. The molecule has 7 amide bonds. The molecule has 1 spiro atoms. The van der Waals surface area contributed by atoms with Crippen LogP contribution in [0.3, 0.4) is 0 Å². The zero-order valence-corrected chi connectivity index (χ0v) is 44.8. The Morgan fingerprint density at radius 3 is 2.10 bits per heavy atom. The van der Waals surface area contributed by atoms with Gasteiger partial charge in [-0.1, -0.05) is 30.7 Å². The molecule has 1 unspecified atom stereocenters. The molecule has 0 radical (unpaired) electrons. The number of fused-ring (bicyclic) bond motifs is 4. The van der Waals surface area contributed by atoms with Crippen molar-refractivity contribution in [3.63, 3.8) is 0 Å². The Hall–Kier alpha value is -8.32. The van der Waals surface area contributed by atoms with Crippen LogP contribution in [0.15, 0.2) is 97.3 Å². The largest absolute Gasteiger partial charge is 0.368 e. The maximum absolute atomic E-state index is 15.3. The van der Waals surface area contributed by atoms with Crippen molar-refractivity contribution < 1.29 is 38.0 Å². The van der Waals surface area contributed by atoms with Crippen LogP contribution in [0.5, 0.6) is 0 Å². The van der Waals surface area contributed by atoms with Crippen LogP contribution in [0.1, 0.15) is 125 Å². The van der Waals surface area contributed by atoms with Crippen molar-refractivity contribution in [3.8, 4) is 11.3 Å². The molecule has 8 heterocycles. The minimum atomic E-state index is -1.05. The Morgan fingerprint density at radius 2 is 1.41 bits per heavy atom. The molecule has 0 bridgehead atoms. The zero-order valence-electron chi connectivity index (χ0n) is 44.8. The smallest absolute Gasteiger partial charge is 0.262 e. The van der Waals surface area contributed by atoms with Gasteiger partial charge in [-0.3, -0.25) is 43.8 Å². The van der Waals surface area contributed by atoms with E-state index in [-0.39, 0.29) is 53.8 Å².